The fourth-order valence-electron chi connectivity index (χ4n) is 3.33. The molecule has 2 rings (SSSR count). The van der Waals surface area contributed by atoms with Gasteiger partial charge in [-0.25, -0.2) is 0 Å². The summed E-state index contributed by atoms with van der Waals surface area (Å²) in [6.07, 6.45) is 5.90. The molecule has 2 aliphatic rings. The summed E-state index contributed by atoms with van der Waals surface area (Å²) >= 11 is 0. The molecular formula is C16H28O2. The van der Waals surface area contributed by atoms with E-state index in [2.05, 4.69) is 47.6 Å². The van der Waals surface area contributed by atoms with Gasteiger partial charge in [0.25, 0.3) is 0 Å². The Morgan fingerprint density at radius 3 is 2.44 bits per heavy atom. The second kappa shape index (κ2) is 4.64. The van der Waals surface area contributed by atoms with Gasteiger partial charge in [0.15, 0.2) is 6.29 Å². The van der Waals surface area contributed by atoms with E-state index in [1.54, 1.807) is 0 Å². The molecule has 1 fully saturated rings. The van der Waals surface area contributed by atoms with Crippen molar-refractivity contribution in [2.75, 3.05) is 0 Å². The van der Waals surface area contributed by atoms with Gasteiger partial charge in [0, 0.05) is 11.8 Å². The molecule has 0 amide bonds. The Morgan fingerprint density at radius 2 is 1.89 bits per heavy atom. The van der Waals surface area contributed by atoms with E-state index in [1.165, 1.54) is 12.0 Å². The smallest absolute Gasteiger partial charge is 0.164 e. The van der Waals surface area contributed by atoms with Crippen LogP contribution in [0.25, 0.3) is 0 Å². The average Bonchev–Trinajstić information content (AvgIpc) is 2.21. The summed E-state index contributed by atoms with van der Waals surface area (Å²) < 4.78 is 12.4. The Balaban J connectivity index is 2.20. The average molecular weight is 252 g/mol. The largest absolute Gasteiger partial charge is 0.349 e. The monoisotopic (exact) mass is 252 g/mol. The molecule has 0 bridgehead atoms. The predicted molar refractivity (Wildman–Crippen MR) is 74.4 cm³/mol. The van der Waals surface area contributed by atoms with Crippen LogP contribution in [0.5, 0.6) is 0 Å². The molecule has 0 aromatic heterocycles. The third-order valence-electron chi connectivity index (χ3n) is 4.73. The number of ether oxygens (including phenoxy) is 2. The maximum atomic E-state index is 6.24. The van der Waals surface area contributed by atoms with Crippen molar-refractivity contribution in [2.24, 2.45) is 11.3 Å². The van der Waals surface area contributed by atoms with Gasteiger partial charge in [-0.3, -0.25) is 0 Å². The second-order valence-electron chi connectivity index (χ2n) is 7.17. The first-order chi connectivity index (χ1) is 8.23. The summed E-state index contributed by atoms with van der Waals surface area (Å²) in [4.78, 5) is 0. The highest BCUT2D eigenvalue weighted by molar-refractivity contribution is 5.11. The summed E-state index contributed by atoms with van der Waals surface area (Å²) in [5.74, 6) is 0.511. The number of rotatable bonds is 1. The Bertz CT molecular complexity index is 345. The van der Waals surface area contributed by atoms with Gasteiger partial charge < -0.3 is 9.47 Å². The van der Waals surface area contributed by atoms with Crippen LogP contribution >= 0.6 is 0 Å². The van der Waals surface area contributed by atoms with Gasteiger partial charge in [-0.2, -0.15) is 0 Å². The molecule has 1 aliphatic heterocycles. The number of hydrogen-bond acceptors (Lipinski definition) is 2. The highest BCUT2D eigenvalue weighted by Crippen LogP contribution is 2.47. The van der Waals surface area contributed by atoms with Crippen LogP contribution in [0.3, 0.4) is 0 Å². The third-order valence-corrected chi connectivity index (χ3v) is 4.73. The second-order valence-corrected chi connectivity index (χ2v) is 7.17. The lowest BCUT2D eigenvalue weighted by Gasteiger charge is -2.50. The summed E-state index contributed by atoms with van der Waals surface area (Å²) in [5, 5.41) is 0. The fourth-order valence-corrected chi connectivity index (χ4v) is 3.33. The minimum absolute atomic E-state index is 0.0682. The van der Waals surface area contributed by atoms with Crippen molar-refractivity contribution in [1.82, 2.24) is 0 Å². The van der Waals surface area contributed by atoms with Crippen molar-refractivity contribution in [3.05, 3.63) is 11.6 Å². The SMILES string of the molecule is CC1=C[C@H](C)[C@](C)([C@@H]2O[C@H](C)CC(C)(C)O2)CC1. The molecule has 0 aromatic rings. The van der Waals surface area contributed by atoms with Gasteiger partial charge in [-0.1, -0.05) is 25.5 Å². The first-order valence-corrected chi connectivity index (χ1v) is 7.23. The van der Waals surface area contributed by atoms with Crippen LogP contribution in [0.4, 0.5) is 0 Å². The fraction of sp³-hybridized carbons (Fsp3) is 0.875. The minimum Gasteiger partial charge on any atom is -0.349 e. The summed E-state index contributed by atoms with van der Waals surface area (Å²) in [5.41, 5.74) is 1.54. The van der Waals surface area contributed by atoms with Gasteiger partial charge >= 0.3 is 0 Å². The van der Waals surface area contributed by atoms with E-state index in [0.717, 1.165) is 12.8 Å². The normalized spacial score (nSPS) is 44.6. The Hall–Kier alpha value is -0.340. The van der Waals surface area contributed by atoms with Gasteiger partial charge in [0.1, 0.15) is 0 Å². The van der Waals surface area contributed by atoms with Crippen molar-refractivity contribution in [2.45, 2.75) is 78.8 Å². The maximum absolute atomic E-state index is 6.24. The first kappa shape index (κ1) is 14.1. The van der Waals surface area contributed by atoms with Crippen LogP contribution < -0.4 is 0 Å². The molecule has 0 unspecified atom stereocenters. The van der Waals surface area contributed by atoms with Gasteiger partial charge in [-0.05, 0) is 46.5 Å². The molecule has 0 saturated carbocycles. The molecule has 1 aliphatic carbocycles. The minimum atomic E-state index is -0.0735. The zero-order valence-corrected chi connectivity index (χ0v) is 12.7. The third kappa shape index (κ3) is 2.65. The lowest BCUT2D eigenvalue weighted by molar-refractivity contribution is -0.314. The van der Waals surface area contributed by atoms with Crippen molar-refractivity contribution in [3.8, 4) is 0 Å². The van der Waals surface area contributed by atoms with Crippen LogP contribution in [-0.4, -0.2) is 18.0 Å². The van der Waals surface area contributed by atoms with Crippen LogP contribution in [0.2, 0.25) is 0 Å². The van der Waals surface area contributed by atoms with Crippen LogP contribution in [0.15, 0.2) is 11.6 Å². The zero-order valence-electron chi connectivity index (χ0n) is 12.7. The topological polar surface area (TPSA) is 18.5 Å². The molecule has 0 N–H and O–H groups in total. The summed E-state index contributed by atoms with van der Waals surface area (Å²) in [7, 11) is 0. The van der Waals surface area contributed by atoms with E-state index in [0.29, 0.717) is 5.92 Å². The van der Waals surface area contributed by atoms with Crippen molar-refractivity contribution < 1.29 is 9.47 Å². The summed E-state index contributed by atoms with van der Waals surface area (Å²) in [6.45, 7) is 13.4. The molecule has 1 saturated heterocycles. The van der Waals surface area contributed by atoms with E-state index >= 15 is 0 Å². The van der Waals surface area contributed by atoms with Gasteiger partial charge in [0.2, 0.25) is 0 Å². The molecule has 0 spiro atoms. The first-order valence-electron chi connectivity index (χ1n) is 7.23. The number of allylic oxidation sites excluding steroid dienone is 2. The molecule has 2 nitrogen and oxygen atoms in total. The lowest BCUT2D eigenvalue weighted by atomic mass is 9.69. The Labute approximate surface area is 112 Å². The molecular weight excluding hydrogens is 224 g/mol. The van der Waals surface area contributed by atoms with E-state index in [1.807, 2.05) is 0 Å². The van der Waals surface area contributed by atoms with Crippen molar-refractivity contribution in [1.29, 1.82) is 0 Å². The molecule has 0 aromatic carbocycles. The van der Waals surface area contributed by atoms with E-state index in [-0.39, 0.29) is 23.4 Å². The molecule has 1 heterocycles. The highest BCUT2D eigenvalue weighted by atomic mass is 16.7. The Morgan fingerprint density at radius 1 is 1.22 bits per heavy atom. The van der Waals surface area contributed by atoms with Crippen LogP contribution in [-0.2, 0) is 9.47 Å². The van der Waals surface area contributed by atoms with Crippen LogP contribution in [0, 0.1) is 11.3 Å². The molecule has 104 valence electrons. The standard InChI is InChI=1S/C16H28O2/c1-11-7-8-16(6,12(2)9-11)14-17-13(3)10-15(4,5)18-14/h9,12-14H,7-8,10H2,1-6H3/t12-,13+,14+,16+/m0/s1. The molecule has 18 heavy (non-hydrogen) atoms. The number of hydrogen-bond donors (Lipinski definition) is 0. The highest BCUT2D eigenvalue weighted by Gasteiger charge is 2.47. The summed E-state index contributed by atoms with van der Waals surface area (Å²) in [6, 6.07) is 0. The molecule has 0 radical (unpaired) electrons. The predicted octanol–water partition coefficient (Wildman–Crippen LogP) is 4.30. The van der Waals surface area contributed by atoms with E-state index < -0.39 is 0 Å². The maximum Gasteiger partial charge on any atom is 0.164 e. The van der Waals surface area contributed by atoms with E-state index in [9.17, 15) is 0 Å². The zero-order chi connectivity index (χ0) is 13.6. The quantitative estimate of drug-likeness (QED) is 0.648. The molecule has 2 heteroatoms. The molecule has 4 atom stereocenters. The van der Waals surface area contributed by atoms with Crippen molar-refractivity contribution in [3.63, 3.8) is 0 Å². The van der Waals surface area contributed by atoms with Crippen molar-refractivity contribution >= 4 is 0 Å². The van der Waals surface area contributed by atoms with Crippen LogP contribution in [0.1, 0.15) is 60.8 Å². The lowest BCUT2D eigenvalue weighted by Crippen LogP contribution is -2.52. The Kier molecular flexibility index (Phi) is 3.63. The van der Waals surface area contributed by atoms with Gasteiger partial charge in [0.05, 0.1) is 11.7 Å². The van der Waals surface area contributed by atoms with E-state index in [4.69, 9.17) is 9.47 Å². The van der Waals surface area contributed by atoms with Gasteiger partial charge in [-0.15, -0.1) is 0 Å².